The molecule has 0 fully saturated rings. The summed E-state index contributed by atoms with van der Waals surface area (Å²) in [4.78, 5) is 0. The number of halogens is 1. The zero-order valence-electron chi connectivity index (χ0n) is 12.6. The highest BCUT2D eigenvalue weighted by atomic mass is 19.1. The molecule has 120 valence electrons. The maximum absolute atomic E-state index is 13.3. The number of benzene rings is 1. The maximum atomic E-state index is 13.3. The molecule has 0 amide bonds. The number of ether oxygens (including phenoxy) is 1. The molecule has 3 N–H and O–H groups in total. The third kappa shape index (κ3) is 8.12. The van der Waals surface area contributed by atoms with E-state index in [1.54, 1.807) is 18.2 Å². The second kappa shape index (κ2) is 10.7. The Labute approximate surface area is 125 Å². The van der Waals surface area contributed by atoms with Crippen molar-refractivity contribution in [3.8, 4) is 0 Å². The topological polar surface area (TPSA) is 61.7 Å². The van der Waals surface area contributed by atoms with E-state index < -0.39 is 6.10 Å². The molecule has 0 aliphatic carbocycles. The van der Waals surface area contributed by atoms with Crippen LogP contribution >= 0.6 is 0 Å². The molecule has 0 aliphatic heterocycles. The quantitative estimate of drug-likeness (QED) is 0.544. The molecular weight excluding hydrogens is 273 g/mol. The molecule has 0 saturated heterocycles. The first-order valence-electron chi connectivity index (χ1n) is 7.44. The molecule has 0 spiro atoms. The Morgan fingerprint density at radius 3 is 2.81 bits per heavy atom. The first kappa shape index (κ1) is 18.0. The molecule has 1 rings (SSSR count). The highest BCUT2D eigenvalue weighted by Crippen LogP contribution is 2.07. The van der Waals surface area contributed by atoms with Crippen LogP contribution in [-0.2, 0) is 11.3 Å². The zero-order valence-corrected chi connectivity index (χ0v) is 12.6. The predicted molar refractivity (Wildman–Crippen MR) is 80.4 cm³/mol. The number of aliphatic hydroxyl groups is 2. The van der Waals surface area contributed by atoms with Gasteiger partial charge in [-0.05, 0) is 31.4 Å². The Balaban J connectivity index is 2.04. The third-order valence-corrected chi connectivity index (χ3v) is 3.27. The molecule has 0 bridgehead atoms. The summed E-state index contributed by atoms with van der Waals surface area (Å²) in [5.41, 5.74) is 0.496. The fourth-order valence-corrected chi connectivity index (χ4v) is 1.91. The summed E-state index contributed by atoms with van der Waals surface area (Å²) in [6.45, 7) is 3.81. The van der Waals surface area contributed by atoms with Crippen molar-refractivity contribution in [2.24, 2.45) is 5.92 Å². The molecule has 2 atom stereocenters. The van der Waals surface area contributed by atoms with Crippen molar-refractivity contribution in [3.63, 3.8) is 0 Å². The van der Waals surface area contributed by atoms with Gasteiger partial charge in [-0.3, -0.25) is 0 Å². The number of rotatable bonds is 11. The Morgan fingerprint density at radius 1 is 1.33 bits per heavy atom. The molecule has 1 aromatic carbocycles. The summed E-state index contributed by atoms with van der Waals surface area (Å²) < 4.78 is 18.6. The van der Waals surface area contributed by atoms with Crippen molar-refractivity contribution >= 4 is 0 Å². The molecule has 1 aromatic rings. The average molecular weight is 299 g/mol. The van der Waals surface area contributed by atoms with Crippen LogP contribution in [0.4, 0.5) is 4.39 Å². The van der Waals surface area contributed by atoms with Gasteiger partial charge in [0, 0.05) is 18.7 Å². The standard InChI is InChI=1S/C16H26FNO3/c1-13(10-19)5-4-8-18-9-15(20)12-21-11-14-6-2-3-7-16(14)17/h2-3,6-7,13,15,18-20H,4-5,8-12H2,1H3. The lowest BCUT2D eigenvalue weighted by Gasteiger charge is -2.13. The highest BCUT2D eigenvalue weighted by Gasteiger charge is 2.06. The van der Waals surface area contributed by atoms with Gasteiger partial charge >= 0.3 is 0 Å². The average Bonchev–Trinajstić information content (AvgIpc) is 2.48. The fourth-order valence-electron chi connectivity index (χ4n) is 1.91. The summed E-state index contributed by atoms with van der Waals surface area (Å²) in [6.07, 6.45) is 1.32. The SMILES string of the molecule is CC(CO)CCCNCC(O)COCc1ccccc1F. The molecule has 0 saturated carbocycles. The summed E-state index contributed by atoms with van der Waals surface area (Å²) >= 11 is 0. The van der Waals surface area contributed by atoms with E-state index in [-0.39, 0.29) is 25.6 Å². The second-order valence-corrected chi connectivity index (χ2v) is 5.39. The van der Waals surface area contributed by atoms with Gasteiger partial charge in [-0.1, -0.05) is 25.1 Å². The van der Waals surface area contributed by atoms with E-state index in [2.05, 4.69) is 5.32 Å². The van der Waals surface area contributed by atoms with E-state index >= 15 is 0 Å². The largest absolute Gasteiger partial charge is 0.396 e. The van der Waals surface area contributed by atoms with Gasteiger partial charge in [0.25, 0.3) is 0 Å². The molecule has 0 heterocycles. The summed E-state index contributed by atoms with van der Waals surface area (Å²) in [7, 11) is 0. The predicted octanol–water partition coefficient (Wildman–Crippen LogP) is 1.70. The molecule has 21 heavy (non-hydrogen) atoms. The normalized spacial score (nSPS) is 14.1. The lowest BCUT2D eigenvalue weighted by Crippen LogP contribution is -2.31. The number of nitrogens with one attached hydrogen (secondary N) is 1. The van der Waals surface area contributed by atoms with E-state index in [9.17, 15) is 9.50 Å². The maximum Gasteiger partial charge on any atom is 0.128 e. The van der Waals surface area contributed by atoms with Gasteiger partial charge < -0.3 is 20.3 Å². The van der Waals surface area contributed by atoms with Crippen LogP contribution in [0.25, 0.3) is 0 Å². The Hall–Kier alpha value is -1.01. The van der Waals surface area contributed by atoms with Gasteiger partial charge in [-0.2, -0.15) is 0 Å². The van der Waals surface area contributed by atoms with E-state index in [4.69, 9.17) is 9.84 Å². The van der Waals surface area contributed by atoms with Crippen molar-refractivity contribution in [2.45, 2.75) is 32.5 Å². The van der Waals surface area contributed by atoms with Crippen LogP contribution in [0.1, 0.15) is 25.3 Å². The van der Waals surface area contributed by atoms with Crippen molar-refractivity contribution in [1.29, 1.82) is 0 Å². The Bertz CT molecular complexity index is 390. The van der Waals surface area contributed by atoms with Crippen LogP contribution in [0.3, 0.4) is 0 Å². The molecule has 0 aromatic heterocycles. The molecule has 0 radical (unpaired) electrons. The van der Waals surface area contributed by atoms with Gasteiger partial charge in [-0.15, -0.1) is 0 Å². The molecule has 0 aliphatic rings. The van der Waals surface area contributed by atoms with Crippen LogP contribution in [-0.4, -0.2) is 42.6 Å². The fraction of sp³-hybridized carbons (Fsp3) is 0.625. The van der Waals surface area contributed by atoms with Crippen molar-refractivity contribution < 1.29 is 19.3 Å². The number of aliphatic hydroxyl groups excluding tert-OH is 2. The third-order valence-electron chi connectivity index (χ3n) is 3.27. The lowest BCUT2D eigenvalue weighted by molar-refractivity contribution is 0.0279. The summed E-state index contributed by atoms with van der Waals surface area (Å²) in [5.74, 6) is 0.0314. The van der Waals surface area contributed by atoms with E-state index in [1.807, 2.05) is 6.92 Å². The monoisotopic (exact) mass is 299 g/mol. The summed E-state index contributed by atoms with van der Waals surface area (Å²) in [5, 5.41) is 21.8. The summed E-state index contributed by atoms with van der Waals surface area (Å²) in [6, 6.07) is 6.45. The van der Waals surface area contributed by atoms with Gasteiger partial charge in [0.1, 0.15) is 5.82 Å². The van der Waals surface area contributed by atoms with E-state index in [1.165, 1.54) is 6.07 Å². The van der Waals surface area contributed by atoms with Gasteiger partial charge in [0.05, 0.1) is 19.3 Å². The van der Waals surface area contributed by atoms with Crippen LogP contribution in [0.2, 0.25) is 0 Å². The van der Waals surface area contributed by atoms with Crippen molar-refractivity contribution in [3.05, 3.63) is 35.6 Å². The number of hydrogen-bond donors (Lipinski definition) is 3. The highest BCUT2D eigenvalue weighted by molar-refractivity contribution is 5.16. The van der Waals surface area contributed by atoms with Crippen LogP contribution in [0.5, 0.6) is 0 Å². The van der Waals surface area contributed by atoms with Crippen molar-refractivity contribution in [2.75, 3.05) is 26.3 Å². The Morgan fingerprint density at radius 2 is 2.10 bits per heavy atom. The molecule has 2 unspecified atom stereocenters. The zero-order chi connectivity index (χ0) is 15.5. The Kier molecular flexibility index (Phi) is 9.17. The molecule has 4 nitrogen and oxygen atoms in total. The van der Waals surface area contributed by atoms with Crippen LogP contribution in [0, 0.1) is 11.7 Å². The first-order valence-corrected chi connectivity index (χ1v) is 7.44. The number of hydrogen-bond acceptors (Lipinski definition) is 4. The van der Waals surface area contributed by atoms with Crippen molar-refractivity contribution in [1.82, 2.24) is 5.32 Å². The minimum atomic E-state index is -0.605. The molecule has 5 heteroatoms. The van der Waals surface area contributed by atoms with Crippen LogP contribution in [0.15, 0.2) is 24.3 Å². The van der Waals surface area contributed by atoms with Gasteiger partial charge in [-0.25, -0.2) is 4.39 Å². The minimum absolute atomic E-state index is 0.164. The molecular formula is C16H26FNO3. The van der Waals surface area contributed by atoms with Crippen LogP contribution < -0.4 is 5.32 Å². The van der Waals surface area contributed by atoms with Gasteiger partial charge in [0.15, 0.2) is 0 Å². The van der Waals surface area contributed by atoms with E-state index in [0.29, 0.717) is 18.0 Å². The second-order valence-electron chi connectivity index (χ2n) is 5.39. The lowest BCUT2D eigenvalue weighted by atomic mass is 10.1. The van der Waals surface area contributed by atoms with Gasteiger partial charge in [0.2, 0.25) is 0 Å². The minimum Gasteiger partial charge on any atom is -0.396 e. The first-order chi connectivity index (χ1) is 10.1. The smallest absolute Gasteiger partial charge is 0.128 e. The van der Waals surface area contributed by atoms with E-state index in [0.717, 1.165) is 19.4 Å².